The number of sulfone groups is 1. The number of carboxylic acid groups (broad SMARTS) is 1. The van der Waals surface area contributed by atoms with Crippen molar-refractivity contribution < 1.29 is 39.9 Å². The van der Waals surface area contributed by atoms with Crippen LogP contribution >= 0.6 is 0 Å². The minimum Gasteiger partial charge on any atom is -0.477 e. The maximum Gasteiger partial charge on any atom is 0.497 e. The molecule has 118 valence electrons. The summed E-state index contributed by atoms with van der Waals surface area (Å²) < 4.78 is 75.9. The Hall–Kier alpha value is -1.88. The fourth-order valence-corrected chi connectivity index (χ4v) is 1.92. The van der Waals surface area contributed by atoms with Crippen LogP contribution in [-0.2, 0) is 30.7 Å². The van der Waals surface area contributed by atoms with Crippen LogP contribution in [0.5, 0.6) is 0 Å². The number of halogens is 3. The van der Waals surface area contributed by atoms with E-state index in [-0.39, 0.29) is 10.9 Å². The van der Waals surface area contributed by atoms with E-state index in [1.807, 2.05) is 0 Å². The predicted molar refractivity (Wildman–Crippen MR) is 67.7 cm³/mol. The number of hydrogen-bond donors (Lipinski definition) is 1. The van der Waals surface area contributed by atoms with Gasteiger partial charge in [0.05, 0.1) is 5.75 Å². The molecule has 0 aliphatic carbocycles. The molecule has 1 rings (SSSR count). The Balaban J connectivity index is 0.000000486. The van der Waals surface area contributed by atoms with Crippen molar-refractivity contribution in [3.63, 3.8) is 0 Å². The van der Waals surface area contributed by atoms with E-state index < -0.39 is 37.4 Å². The molecule has 11 heteroatoms. The normalized spacial score (nSPS) is 11.0. The fourth-order valence-electron chi connectivity index (χ4n) is 0.958. The van der Waals surface area contributed by atoms with Gasteiger partial charge in [-0.25, -0.2) is 13.2 Å². The zero-order valence-electron chi connectivity index (χ0n) is 10.1. The van der Waals surface area contributed by atoms with Crippen molar-refractivity contribution in [2.24, 2.45) is 0 Å². The topological polar surface area (TPSA) is 106 Å². The van der Waals surface area contributed by atoms with E-state index in [2.05, 4.69) is 0 Å². The Morgan fingerprint density at radius 1 is 1.19 bits per heavy atom. The van der Waals surface area contributed by atoms with Crippen LogP contribution in [0, 0.1) is 0 Å². The van der Waals surface area contributed by atoms with Crippen molar-refractivity contribution in [1.82, 2.24) is 0 Å². The number of rotatable bonds is 3. The van der Waals surface area contributed by atoms with Crippen LogP contribution in [0.3, 0.4) is 0 Å². The highest BCUT2D eigenvalue weighted by Crippen LogP contribution is 2.26. The van der Waals surface area contributed by atoms with Gasteiger partial charge in [0.2, 0.25) is 10.3 Å². The summed E-state index contributed by atoms with van der Waals surface area (Å²) in [5.74, 6) is -2.45. The maximum absolute atomic E-state index is 11.9. The van der Waals surface area contributed by atoms with Gasteiger partial charge in [-0.1, -0.05) is 30.3 Å². The van der Waals surface area contributed by atoms with Crippen molar-refractivity contribution in [3.8, 4) is 0 Å². The number of carboxylic acids is 1. The van der Waals surface area contributed by atoms with E-state index in [0.717, 1.165) is 0 Å². The molecule has 0 aliphatic heterocycles. The quantitative estimate of drug-likeness (QED) is 0.814. The van der Waals surface area contributed by atoms with Gasteiger partial charge in [0.1, 0.15) is 5.37 Å². The van der Waals surface area contributed by atoms with Gasteiger partial charge in [0.15, 0.2) is 0 Å². The standard InChI is InChI=1S/C8H7F3O2S.C2H2O4S/c9-8(10,11)14(12,13)6-7-4-2-1-3-5-7;3-2(4)1-7(5)6/h1-5H,6H2;1H,(H,3,4). The van der Waals surface area contributed by atoms with Crippen LogP contribution in [0.2, 0.25) is 0 Å². The molecule has 0 fully saturated rings. The monoisotopic (exact) mass is 346 g/mol. The summed E-state index contributed by atoms with van der Waals surface area (Å²) in [6.07, 6.45) is 0. The average Bonchev–Trinajstić information content (AvgIpc) is 2.26. The lowest BCUT2D eigenvalue weighted by atomic mass is 10.2. The molecule has 1 N–H and O–H groups in total. The zero-order chi connectivity index (χ0) is 16.7. The van der Waals surface area contributed by atoms with E-state index >= 15 is 0 Å². The molecular formula is C10H9F3O6S2. The Labute approximate surface area is 119 Å². The molecule has 0 spiro atoms. The minimum atomic E-state index is -5.18. The summed E-state index contributed by atoms with van der Waals surface area (Å²) in [5.41, 5.74) is -5.05. The summed E-state index contributed by atoms with van der Waals surface area (Å²) in [4.78, 5) is 9.36. The Morgan fingerprint density at radius 2 is 1.67 bits per heavy atom. The van der Waals surface area contributed by atoms with Gasteiger partial charge in [0.25, 0.3) is 9.84 Å². The van der Waals surface area contributed by atoms with E-state index in [9.17, 15) is 34.8 Å². The van der Waals surface area contributed by atoms with Crippen LogP contribution in [0.15, 0.2) is 30.3 Å². The van der Waals surface area contributed by atoms with Gasteiger partial charge < -0.3 is 5.11 Å². The van der Waals surface area contributed by atoms with Crippen molar-refractivity contribution >= 4 is 31.5 Å². The van der Waals surface area contributed by atoms with Crippen LogP contribution < -0.4 is 0 Å². The second kappa shape index (κ2) is 7.78. The van der Waals surface area contributed by atoms with Gasteiger partial charge in [-0.15, -0.1) is 0 Å². The second-order valence-electron chi connectivity index (χ2n) is 3.41. The summed E-state index contributed by atoms with van der Waals surface area (Å²) in [6, 6.07) is 7.25. The largest absolute Gasteiger partial charge is 0.497 e. The average molecular weight is 346 g/mol. The first-order valence-corrected chi connectivity index (χ1v) is 7.73. The molecule has 21 heavy (non-hydrogen) atoms. The molecule has 0 aliphatic rings. The van der Waals surface area contributed by atoms with Gasteiger partial charge in [0, 0.05) is 0 Å². The molecule has 0 saturated carbocycles. The van der Waals surface area contributed by atoms with Gasteiger partial charge in [-0.3, -0.25) is 0 Å². The molecule has 0 saturated heterocycles. The molecule has 1 aromatic rings. The first-order valence-electron chi connectivity index (χ1n) is 4.94. The smallest absolute Gasteiger partial charge is 0.477 e. The molecular weight excluding hydrogens is 337 g/mol. The van der Waals surface area contributed by atoms with E-state index in [4.69, 9.17) is 5.11 Å². The summed E-state index contributed by atoms with van der Waals surface area (Å²) in [7, 11) is -7.62. The Bertz CT molecular complexity index is 697. The lowest BCUT2D eigenvalue weighted by Crippen LogP contribution is -2.24. The lowest BCUT2D eigenvalue weighted by molar-refractivity contribution is -0.128. The zero-order valence-corrected chi connectivity index (χ0v) is 11.7. The second-order valence-corrected chi connectivity index (χ2v) is 6.14. The van der Waals surface area contributed by atoms with Crippen LogP contribution in [0.1, 0.15) is 5.56 Å². The third-order valence-corrected chi connectivity index (χ3v) is 3.56. The Morgan fingerprint density at radius 3 is 1.95 bits per heavy atom. The third-order valence-electron chi connectivity index (χ3n) is 1.75. The number of hydrogen-bond acceptors (Lipinski definition) is 5. The molecule has 1 aromatic carbocycles. The molecule has 0 radical (unpaired) electrons. The van der Waals surface area contributed by atoms with E-state index in [1.165, 1.54) is 24.3 Å². The highest BCUT2D eigenvalue weighted by atomic mass is 32.2. The Kier molecular flexibility index (Phi) is 7.09. The molecule has 0 aromatic heterocycles. The first kappa shape index (κ1) is 19.1. The fraction of sp³-hybridized carbons (Fsp3) is 0.200. The number of carbonyl (C=O) groups is 1. The molecule has 0 heterocycles. The lowest BCUT2D eigenvalue weighted by Gasteiger charge is -2.07. The van der Waals surface area contributed by atoms with Crippen molar-refractivity contribution in [3.05, 3.63) is 35.9 Å². The molecule has 0 bridgehead atoms. The van der Waals surface area contributed by atoms with Crippen LogP contribution in [0.25, 0.3) is 0 Å². The van der Waals surface area contributed by atoms with Gasteiger partial charge in [-0.05, 0) is 5.56 Å². The van der Waals surface area contributed by atoms with Gasteiger partial charge in [-0.2, -0.15) is 21.6 Å². The number of alkyl halides is 3. The molecule has 0 amide bonds. The highest BCUT2D eigenvalue weighted by Gasteiger charge is 2.45. The molecule has 6 nitrogen and oxygen atoms in total. The SMILES string of the molecule is O=C(O)C=S(=O)=O.O=S(=O)(Cc1ccccc1)C(F)(F)F. The minimum absolute atomic E-state index is 0.129. The highest BCUT2D eigenvalue weighted by molar-refractivity contribution is 7.91. The van der Waals surface area contributed by atoms with E-state index in [0.29, 0.717) is 0 Å². The van der Waals surface area contributed by atoms with Gasteiger partial charge >= 0.3 is 11.5 Å². The number of benzene rings is 1. The summed E-state index contributed by atoms with van der Waals surface area (Å²) >= 11 is 0. The maximum atomic E-state index is 11.9. The van der Waals surface area contributed by atoms with E-state index in [1.54, 1.807) is 6.07 Å². The third kappa shape index (κ3) is 8.09. The van der Waals surface area contributed by atoms with Crippen LogP contribution in [0.4, 0.5) is 13.2 Å². The van der Waals surface area contributed by atoms with Crippen molar-refractivity contribution in [2.75, 3.05) is 0 Å². The molecule has 0 unspecified atom stereocenters. The van der Waals surface area contributed by atoms with Crippen LogP contribution in [-0.4, -0.2) is 38.8 Å². The predicted octanol–water partition coefficient (Wildman–Crippen LogP) is 0.874. The van der Waals surface area contributed by atoms with Crippen molar-refractivity contribution in [1.29, 1.82) is 0 Å². The summed E-state index contributed by atoms with van der Waals surface area (Å²) in [5, 5.41) is 7.80. The first-order chi connectivity index (χ1) is 9.45. The summed E-state index contributed by atoms with van der Waals surface area (Å²) in [6.45, 7) is 0. The molecule has 0 atom stereocenters. The van der Waals surface area contributed by atoms with Crippen molar-refractivity contribution in [2.45, 2.75) is 11.3 Å². The number of aliphatic carboxylic acids is 1.